The molecule has 2 rings (SSSR count). The number of halogens is 1. The summed E-state index contributed by atoms with van der Waals surface area (Å²) in [6, 6.07) is 5.31. The first kappa shape index (κ1) is 18.4. The molecule has 0 aliphatic heterocycles. The van der Waals surface area contributed by atoms with E-state index in [1.807, 2.05) is 0 Å². The summed E-state index contributed by atoms with van der Waals surface area (Å²) in [6.45, 7) is 5.41. The monoisotopic (exact) mass is 346 g/mol. The Labute approximate surface area is 144 Å². The van der Waals surface area contributed by atoms with Crippen molar-refractivity contribution in [3.63, 3.8) is 0 Å². The van der Waals surface area contributed by atoms with Crippen LogP contribution in [0.15, 0.2) is 24.3 Å². The van der Waals surface area contributed by atoms with Crippen LogP contribution in [0.1, 0.15) is 40.4 Å². The first-order valence-corrected chi connectivity index (χ1v) is 7.88. The SMILES string of the molecule is CCNC(=O)C(=O)c1[nH]c(C)c(C(=O)OCC)c1-c1ccc(F)cc1. The number of esters is 1. The predicted octanol–water partition coefficient (Wildman–Crippen LogP) is 2.62. The molecule has 0 aliphatic carbocycles. The van der Waals surface area contributed by atoms with Gasteiger partial charge in [0.05, 0.1) is 12.2 Å². The Morgan fingerprint density at radius 2 is 1.80 bits per heavy atom. The third-order valence-electron chi connectivity index (χ3n) is 3.57. The summed E-state index contributed by atoms with van der Waals surface area (Å²) < 4.78 is 18.3. The molecule has 1 amide bonds. The number of ketones is 1. The molecule has 0 aliphatic rings. The van der Waals surface area contributed by atoms with E-state index in [9.17, 15) is 18.8 Å². The van der Waals surface area contributed by atoms with Crippen molar-refractivity contribution < 1.29 is 23.5 Å². The predicted molar refractivity (Wildman–Crippen MR) is 89.9 cm³/mol. The molecule has 0 unspecified atom stereocenters. The number of aryl methyl sites for hydroxylation is 1. The number of hydrogen-bond acceptors (Lipinski definition) is 4. The Bertz CT molecular complexity index is 809. The highest BCUT2D eigenvalue weighted by atomic mass is 19.1. The Morgan fingerprint density at radius 1 is 1.16 bits per heavy atom. The lowest BCUT2D eigenvalue weighted by atomic mass is 9.98. The van der Waals surface area contributed by atoms with Crippen molar-refractivity contribution in [1.29, 1.82) is 0 Å². The van der Waals surface area contributed by atoms with E-state index in [1.54, 1.807) is 20.8 Å². The third kappa shape index (κ3) is 3.76. The molecule has 0 bridgehead atoms. The van der Waals surface area contributed by atoms with Gasteiger partial charge in [0.1, 0.15) is 11.5 Å². The lowest BCUT2D eigenvalue weighted by Gasteiger charge is -2.08. The summed E-state index contributed by atoms with van der Waals surface area (Å²) in [6.07, 6.45) is 0. The number of H-pyrrole nitrogens is 1. The van der Waals surface area contributed by atoms with Gasteiger partial charge in [-0.1, -0.05) is 12.1 Å². The van der Waals surface area contributed by atoms with Crippen molar-refractivity contribution in [2.75, 3.05) is 13.2 Å². The number of nitrogens with one attached hydrogen (secondary N) is 2. The van der Waals surface area contributed by atoms with Gasteiger partial charge in [0.2, 0.25) is 0 Å². The molecule has 0 saturated heterocycles. The molecule has 0 saturated carbocycles. The fourth-order valence-corrected chi connectivity index (χ4v) is 2.51. The second-order valence-corrected chi connectivity index (χ2v) is 5.29. The molecule has 2 aromatic rings. The molecule has 0 spiro atoms. The van der Waals surface area contributed by atoms with Gasteiger partial charge in [0.25, 0.3) is 11.7 Å². The number of carbonyl (C=O) groups excluding carboxylic acids is 3. The second kappa shape index (κ2) is 7.74. The van der Waals surface area contributed by atoms with E-state index in [-0.39, 0.29) is 23.4 Å². The van der Waals surface area contributed by atoms with Gasteiger partial charge in [-0.3, -0.25) is 9.59 Å². The van der Waals surface area contributed by atoms with Crippen molar-refractivity contribution in [2.45, 2.75) is 20.8 Å². The van der Waals surface area contributed by atoms with Crippen LogP contribution < -0.4 is 5.32 Å². The van der Waals surface area contributed by atoms with E-state index in [0.29, 0.717) is 17.8 Å². The van der Waals surface area contributed by atoms with Crippen LogP contribution >= 0.6 is 0 Å². The molecule has 0 atom stereocenters. The van der Waals surface area contributed by atoms with Crippen LogP contribution in [0.2, 0.25) is 0 Å². The Balaban J connectivity index is 2.65. The Kier molecular flexibility index (Phi) is 5.69. The number of hydrogen-bond donors (Lipinski definition) is 2. The largest absolute Gasteiger partial charge is 0.462 e. The van der Waals surface area contributed by atoms with Crippen LogP contribution in [-0.2, 0) is 9.53 Å². The molecule has 1 aromatic carbocycles. The summed E-state index contributed by atoms with van der Waals surface area (Å²) >= 11 is 0. The van der Waals surface area contributed by atoms with Gasteiger partial charge in [-0.05, 0) is 38.5 Å². The van der Waals surface area contributed by atoms with Crippen molar-refractivity contribution in [1.82, 2.24) is 10.3 Å². The smallest absolute Gasteiger partial charge is 0.340 e. The first-order chi connectivity index (χ1) is 11.9. The number of likely N-dealkylation sites (N-methyl/N-ethyl adjacent to an activating group) is 1. The van der Waals surface area contributed by atoms with Crippen LogP contribution in [0, 0.1) is 12.7 Å². The van der Waals surface area contributed by atoms with Gasteiger partial charge in [-0.2, -0.15) is 0 Å². The van der Waals surface area contributed by atoms with Gasteiger partial charge < -0.3 is 15.0 Å². The summed E-state index contributed by atoms with van der Waals surface area (Å²) in [5.41, 5.74) is 1.18. The number of carbonyl (C=O) groups is 3. The van der Waals surface area contributed by atoms with Crippen molar-refractivity contribution >= 4 is 17.7 Å². The Hall–Kier alpha value is -2.96. The fourth-order valence-electron chi connectivity index (χ4n) is 2.51. The zero-order valence-corrected chi connectivity index (χ0v) is 14.2. The standard InChI is InChI=1S/C18H19FN2O4/c1-4-20-17(23)16(22)15-14(11-6-8-12(19)9-7-11)13(10(3)21-15)18(24)25-5-2/h6-9,21H,4-5H2,1-3H3,(H,20,23). The van der Waals surface area contributed by atoms with Crippen LogP contribution in [0.4, 0.5) is 4.39 Å². The minimum Gasteiger partial charge on any atom is -0.462 e. The highest BCUT2D eigenvalue weighted by Gasteiger charge is 2.29. The molecule has 1 heterocycles. The lowest BCUT2D eigenvalue weighted by Crippen LogP contribution is -2.31. The zero-order chi connectivity index (χ0) is 18.6. The zero-order valence-electron chi connectivity index (χ0n) is 14.2. The molecule has 7 heteroatoms. The van der Waals surface area contributed by atoms with E-state index in [1.165, 1.54) is 24.3 Å². The van der Waals surface area contributed by atoms with E-state index in [4.69, 9.17) is 4.74 Å². The molecule has 6 nitrogen and oxygen atoms in total. The Morgan fingerprint density at radius 3 is 2.36 bits per heavy atom. The van der Waals surface area contributed by atoms with Gasteiger partial charge in [-0.15, -0.1) is 0 Å². The van der Waals surface area contributed by atoms with E-state index in [2.05, 4.69) is 10.3 Å². The number of ether oxygens (including phenoxy) is 1. The second-order valence-electron chi connectivity index (χ2n) is 5.29. The molecule has 1 aromatic heterocycles. The maximum absolute atomic E-state index is 13.2. The van der Waals surface area contributed by atoms with Gasteiger partial charge >= 0.3 is 5.97 Å². The lowest BCUT2D eigenvalue weighted by molar-refractivity contribution is -0.116. The molecule has 2 N–H and O–H groups in total. The number of rotatable bonds is 6. The van der Waals surface area contributed by atoms with Crippen LogP contribution in [0.5, 0.6) is 0 Å². The highest BCUT2D eigenvalue weighted by Crippen LogP contribution is 2.31. The number of Topliss-reactive ketones (excluding diaryl/α,β-unsaturated/α-hetero) is 1. The van der Waals surface area contributed by atoms with Gasteiger partial charge in [-0.25, -0.2) is 9.18 Å². The summed E-state index contributed by atoms with van der Waals surface area (Å²) in [4.78, 5) is 39.5. The summed E-state index contributed by atoms with van der Waals surface area (Å²) in [5.74, 6) is -2.67. The van der Waals surface area contributed by atoms with Crippen molar-refractivity contribution in [3.05, 3.63) is 47.0 Å². The number of amides is 1. The van der Waals surface area contributed by atoms with E-state index >= 15 is 0 Å². The molecular weight excluding hydrogens is 327 g/mol. The maximum atomic E-state index is 13.2. The molecule has 132 valence electrons. The normalized spacial score (nSPS) is 10.4. The van der Waals surface area contributed by atoms with E-state index in [0.717, 1.165) is 0 Å². The first-order valence-electron chi connectivity index (χ1n) is 7.88. The van der Waals surface area contributed by atoms with Gasteiger partial charge in [0, 0.05) is 17.8 Å². The quantitative estimate of drug-likeness (QED) is 0.478. The molecular formula is C18H19FN2O4. The minimum absolute atomic E-state index is 0.0295. The van der Waals surface area contributed by atoms with Crippen LogP contribution in [0.25, 0.3) is 11.1 Å². The average Bonchev–Trinajstić information content (AvgIpc) is 2.92. The van der Waals surface area contributed by atoms with Gasteiger partial charge in [0.15, 0.2) is 0 Å². The van der Waals surface area contributed by atoms with Crippen molar-refractivity contribution in [3.8, 4) is 11.1 Å². The summed E-state index contributed by atoms with van der Waals surface area (Å²) in [7, 11) is 0. The summed E-state index contributed by atoms with van der Waals surface area (Å²) in [5, 5.41) is 2.43. The van der Waals surface area contributed by atoms with Crippen LogP contribution in [-0.4, -0.2) is 35.8 Å². The van der Waals surface area contributed by atoms with Crippen LogP contribution in [0.3, 0.4) is 0 Å². The number of benzene rings is 1. The maximum Gasteiger partial charge on any atom is 0.340 e. The highest BCUT2D eigenvalue weighted by molar-refractivity contribution is 6.43. The molecule has 0 fully saturated rings. The number of aromatic amines is 1. The third-order valence-corrected chi connectivity index (χ3v) is 3.57. The molecule has 25 heavy (non-hydrogen) atoms. The van der Waals surface area contributed by atoms with E-state index < -0.39 is 23.5 Å². The minimum atomic E-state index is -0.806. The topological polar surface area (TPSA) is 88.3 Å². The average molecular weight is 346 g/mol. The fraction of sp³-hybridized carbons (Fsp3) is 0.278. The molecule has 0 radical (unpaired) electrons. The number of aromatic nitrogens is 1. The van der Waals surface area contributed by atoms with Crippen molar-refractivity contribution in [2.24, 2.45) is 0 Å².